The van der Waals surface area contributed by atoms with E-state index in [2.05, 4.69) is 17.2 Å². The summed E-state index contributed by atoms with van der Waals surface area (Å²) in [4.78, 5) is 4.67. The lowest BCUT2D eigenvalue weighted by Crippen LogP contribution is -2.31. The molecule has 0 radical (unpaired) electrons. The number of benzene rings is 1. The van der Waals surface area contributed by atoms with Crippen molar-refractivity contribution in [1.29, 1.82) is 0 Å². The summed E-state index contributed by atoms with van der Waals surface area (Å²) in [5.41, 5.74) is 7.68. The Kier molecular flexibility index (Phi) is 3.60. The minimum absolute atomic E-state index is 0.594. The van der Waals surface area contributed by atoms with Crippen LogP contribution >= 0.6 is 11.3 Å². The molecule has 0 saturated heterocycles. The fourth-order valence-electron chi connectivity index (χ4n) is 3.05. The van der Waals surface area contributed by atoms with E-state index in [1.54, 1.807) is 11.3 Å². The van der Waals surface area contributed by atoms with E-state index in [0.29, 0.717) is 6.04 Å². The van der Waals surface area contributed by atoms with E-state index in [9.17, 15) is 0 Å². The van der Waals surface area contributed by atoms with Crippen molar-refractivity contribution in [3.63, 3.8) is 0 Å². The molecule has 1 aromatic heterocycles. The summed E-state index contributed by atoms with van der Waals surface area (Å²) in [6.07, 6.45) is 6.61. The maximum absolute atomic E-state index is 5.82. The Balaban J connectivity index is 1.80. The van der Waals surface area contributed by atoms with Gasteiger partial charge in [-0.2, -0.15) is 0 Å². The number of fused-ring (bicyclic) bond motifs is 1. The van der Waals surface area contributed by atoms with Crippen LogP contribution in [0.15, 0.2) is 18.2 Å². The second-order valence-corrected chi connectivity index (χ2v) is 6.48. The second kappa shape index (κ2) is 5.37. The standard InChI is InChI=1S/C15H21N3S/c1-2-10-5-3-4-6-12(10)17-15-18-13-8-7-11(16)9-14(13)19-15/h7-10,12H,2-6,16H2,1H3,(H,17,18). The molecule has 0 bridgehead atoms. The van der Waals surface area contributed by atoms with E-state index in [1.807, 2.05) is 18.2 Å². The molecule has 1 aliphatic rings. The highest BCUT2D eigenvalue weighted by Gasteiger charge is 2.24. The summed E-state index contributed by atoms with van der Waals surface area (Å²) >= 11 is 1.72. The van der Waals surface area contributed by atoms with Gasteiger partial charge in [0.15, 0.2) is 5.13 Å². The van der Waals surface area contributed by atoms with Crippen LogP contribution in [0.3, 0.4) is 0 Å². The van der Waals surface area contributed by atoms with Crippen LogP contribution in [-0.4, -0.2) is 11.0 Å². The van der Waals surface area contributed by atoms with Crippen molar-refractivity contribution in [1.82, 2.24) is 4.98 Å². The first kappa shape index (κ1) is 12.7. The van der Waals surface area contributed by atoms with Gasteiger partial charge in [-0.3, -0.25) is 0 Å². The van der Waals surface area contributed by atoms with Crippen molar-refractivity contribution in [2.24, 2.45) is 5.92 Å². The molecule has 102 valence electrons. The third-order valence-electron chi connectivity index (χ3n) is 4.15. The summed E-state index contributed by atoms with van der Waals surface area (Å²) in [7, 11) is 0. The van der Waals surface area contributed by atoms with Crippen LogP contribution in [0.25, 0.3) is 10.2 Å². The van der Waals surface area contributed by atoms with Crippen LogP contribution in [0.2, 0.25) is 0 Å². The zero-order valence-electron chi connectivity index (χ0n) is 11.4. The van der Waals surface area contributed by atoms with Crippen LogP contribution in [-0.2, 0) is 0 Å². The molecule has 1 heterocycles. The van der Waals surface area contributed by atoms with Gasteiger partial charge in [0.05, 0.1) is 10.2 Å². The van der Waals surface area contributed by atoms with Crippen molar-refractivity contribution in [2.75, 3.05) is 11.1 Å². The zero-order chi connectivity index (χ0) is 13.2. The van der Waals surface area contributed by atoms with Crippen molar-refractivity contribution >= 4 is 32.4 Å². The van der Waals surface area contributed by atoms with Crippen LogP contribution in [0, 0.1) is 5.92 Å². The number of nitrogens with two attached hydrogens (primary N) is 1. The highest BCUT2D eigenvalue weighted by atomic mass is 32.1. The van der Waals surface area contributed by atoms with Gasteiger partial charge < -0.3 is 11.1 Å². The third kappa shape index (κ3) is 2.68. The first-order chi connectivity index (χ1) is 9.26. The van der Waals surface area contributed by atoms with Crippen LogP contribution in [0.5, 0.6) is 0 Å². The van der Waals surface area contributed by atoms with E-state index in [0.717, 1.165) is 22.3 Å². The Labute approximate surface area is 118 Å². The molecular formula is C15H21N3S. The quantitative estimate of drug-likeness (QED) is 0.823. The molecule has 3 N–H and O–H groups in total. The second-order valence-electron chi connectivity index (χ2n) is 5.45. The van der Waals surface area contributed by atoms with E-state index in [4.69, 9.17) is 5.73 Å². The SMILES string of the molecule is CCC1CCCCC1Nc1nc2ccc(N)cc2s1. The highest BCUT2D eigenvalue weighted by molar-refractivity contribution is 7.22. The van der Waals surface area contributed by atoms with Crippen LogP contribution < -0.4 is 11.1 Å². The molecule has 0 amide bonds. The summed E-state index contributed by atoms with van der Waals surface area (Å²) in [6.45, 7) is 2.30. The Morgan fingerprint density at radius 1 is 1.37 bits per heavy atom. The molecule has 4 heteroatoms. The Hall–Kier alpha value is -1.29. The lowest BCUT2D eigenvalue weighted by atomic mass is 9.83. The smallest absolute Gasteiger partial charge is 0.184 e. The molecule has 1 saturated carbocycles. The van der Waals surface area contributed by atoms with Gasteiger partial charge in [0.25, 0.3) is 0 Å². The van der Waals surface area contributed by atoms with Crippen molar-refractivity contribution in [3.8, 4) is 0 Å². The van der Waals surface area contributed by atoms with Gasteiger partial charge in [-0.05, 0) is 37.0 Å². The van der Waals surface area contributed by atoms with Gasteiger partial charge >= 0.3 is 0 Å². The van der Waals surface area contributed by atoms with Crippen molar-refractivity contribution in [2.45, 2.75) is 45.1 Å². The summed E-state index contributed by atoms with van der Waals surface area (Å²) < 4.78 is 1.17. The Morgan fingerprint density at radius 2 is 2.21 bits per heavy atom. The Morgan fingerprint density at radius 3 is 3.05 bits per heavy atom. The molecule has 1 aliphatic carbocycles. The topological polar surface area (TPSA) is 50.9 Å². The van der Waals surface area contributed by atoms with E-state index < -0.39 is 0 Å². The van der Waals surface area contributed by atoms with E-state index in [1.165, 1.54) is 36.8 Å². The predicted molar refractivity (Wildman–Crippen MR) is 83.7 cm³/mol. The number of nitrogens with zero attached hydrogens (tertiary/aromatic N) is 1. The minimum atomic E-state index is 0.594. The van der Waals surface area contributed by atoms with Gasteiger partial charge in [-0.25, -0.2) is 4.98 Å². The van der Waals surface area contributed by atoms with Crippen molar-refractivity contribution in [3.05, 3.63) is 18.2 Å². The van der Waals surface area contributed by atoms with Gasteiger partial charge in [0, 0.05) is 11.7 Å². The summed E-state index contributed by atoms with van der Waals surface area (Å²) in [5, 5.41) is 4.70. The fraction of sp³-hybridized carbons (Fsp3) is 0.533. The largest absolute Gasteiger partial charge is 0.399 e. The minimum Gasteiger partial charge on any atom is -0.399 e. The maximum atomic E-state index is 5.82. The lowest BCUT2D eigenvalue weighted by molar-refractivity contribution is 0.317. The molecule has 1 aromatic carbocycles. The number of rotatable bonds is 3. The van der Waals surface area contributed by atoms with E-state index >= 15 is 0 Å². The number of nitrogen functional groups attached to an aromatic ring is 1. The monoisotopic (exact) mass is 275 g/mol. The number of anilines is 2. The molecule has 0 spiro atoms. The number of nitrogens with one attached hydrogen (secondary N) is 1. The predicted octanol–water partition coefficient (Wildman–Crippen LogP) is 4.26. The highest BCUT2D eigenvalue weighted by Crippen LogP contribution is 2.33. The van der Waals surface area contributed by atoms with Gasteiger partial charge in [0.1, 0.15) is 0 Å². The first-order valence-corrected chi connectivity index (χ1v) is 8.00. The molecular weight excluding hydrogens is 254 g/mol. The Bertz CT molecular complexity index is 564. The van der Waals surface area contributed by atoms with Crippen LogP contribution in [0.1, 0.15) is 39.0 Å². The lowest BCUT2D eigenvalue weighted by Gasteiger charge is -2.31. The van der Waals surface area contributed by atoms with Crippen LogP contribution in [0.4, 0.5) is 10.8 Å². The van der Waals surface area contributed by atoms with Gasteiger partial charge in [0.2, 0.25) is 0 Å². The molecule has 0 aliphatic heterocycles. The molecule has 2 aromatic rings. The van der Waals surface area contributed by atoms with E-state index in [-0.39, 0.29) is 0 Å². The average Bonchev–Trinajstić information content (AvgIpc) is 2.80. The van der Waals surface area contributed by atoms with Gasteiger partial charge in [-0.15, -0.1) is 0 Å². The summed E-state index contributed by atoms with van der Waals surface area (Å²) in [6, 6.07) is 6.53. The maximum Gasteiger partial charge on any atom is 0.184 e. The molecule has 1 fully saturated rings. The molecule has 2 atom stereocenters. The number of hydrogen-bond donors (Lipinski definition) is 2. The molecule has 3 rings (SSSR count). The normalized spacial score (nSPS) is 23.6. The average molecular weight is 275 g/mol. The molecule has 19 heavy (non-hydrogen) atoms. The molecule has 3 nitrogen and oxygen atoms in total. The zero-order valence-corrected chi connectivity index (χ0v) is 12.2. The van der Waals surface area contributed by atoms with Gasteiger partial charge in [-0.1, -0.05) is 37.5 Å². The third-order valence-corrected chi connectivity index (χ3v) is 5.10. The first-order valence-electron chi connectivity index (χ1n) is 7.19. The number of thiazole rings is 1. The number of hydrogen-bond acceptors (Lipinski definition) is 4. The fourth-order valence-corrected chi connectivity index (χ4v) is 4.02. The summed E-state index contributed by atoms with van der Waals surface area (Å²) in [5.74, 6) is 0.797. The molecule has 2 unspecified atom stereocenters. The van der Waals surface area contributed by atoms with Crippen molar-refractivity contribution < 1.29 is 0 Å². The number of aromatic nitrogens is 1.